The Hall–Kier alpha value is -0.970. The summed E-state index contributed by atoms with van der Waals surface area (Å²) in [6, 6.07) is 1.31. The van der Waals surface area contributed by atoms with Gasteiger partial charge in [0, 0.05) is 12.3 Å². The first-order valence-corrected chi connectivity index (χ1v) is 4.86. The van der Waals surface area contributed by atoms with Gasteiger partial charge in [-0.3, -0.25) is 0 Å². The number of hydrogen-bond donors (Lipinski definition) is 1. The molecule has 0 aromatic carbocycles. The molecule has 0 atom stereocenters. The van der Waals surface area contributed by atoms with Gasteiger partial charge in [0.2, 0.25) is 0 Å². The van der Waals surface area contributed by atoms with Crippen LogP contribution in [0.15, 0.2) is 15.4 Å². The minimum Gasteiger partial charge on any atom is -0.445 e. The molecule has 0 fully saturated rings. The maximum Gasteiger partial charge on any atom is 0.191 e. The van der Waals surface area contributed by atoms with Crippen LogP contribution in [0, 0.1) is 6.92 Å². The number of nitrogen functional groups attached to an aromatic ring is 1. The lowest BCUT2D eigenvalue weighted by Gasteiger charge is -1.90. The lowest BCUT2D eigenvalue weighted by molar-refractivity contribution is 0.540. The topological polar surface area (TPSA) is 73.3 Å². The average Bonchev–Trinajstić information content (AvgIpc) is 2.08. The van der Waals surface area contributed by atoms with E-state index in [1.165, 1.54) is 6.07 Å². The van der Waals surface area contributed by atoms with Gasteiger partial charge in [-0.05, 0) is 6.92 Å². The third-order valence-corrected chi connectivity index (χ3v) is 2.50. The van der Waals surface area contributed by atoms with E-state index in [1.807, 2.05) is 0 Å². The molecule has 0 bridgehead atoms. The van der Waals surface area contributed by atoms with Crippen LogP contribution in [0.2, 0.25) is 0 Å². The molecule has 62 valence electrons. The minimum absolute atomic E-state index is 0.128. The van der Waals surface area contributed by atoms with Gasteiger partial charge in [0.05, 0.1) is 0 Å². The molecule has 0 aliphatic rings. The van der Waals surface area contributed by atoms with Gasteiger partial charge >= 0.3 is 0 Å². The maximum atomic E-state index is 11.0. The van der Waals surface area contributed by atoms with Crippen LogP contribution in [0.3, 0.4) is 0 Å². The number of sulfone groups is 1. The van der Waals surface area contributed by atoms with Crippen LogP contribution in [0.5, 0.6) is 0 Å². The molecule has 1 aromatic heterocycles. The summed E-state index contributed by atoms with van der Waals surface area (Å²) >= 11 is 0. The van der Waals surface area contributed by atoms with E-state index in [4.69, 9.17) is 10.2 Å². The summed E-state index contributed by atoms with van der Waals surface area (Å²) in [5.41, 5.74) is 5.24. The lowest BCUT2D eigenvalue weighted by atomic mass is 10.5. The highest BCUT2D eigenvalue weighted by Crippen LogP contribution is 2.20. The summed E-state index contributed by atoms with van der Waals surface area (Å²) in [6.07, 6.45) is 1.12. The van der Waals surface area contributed by atoms with E-state index in [1.54, 1.807) is 6.92 Å². The fourth-order valence-electron chi connectivity index (χ4n) is 0.855. The summed E-state index contributed by atoms with van der Waals surface area (Å²) in [4.78, 5) is 0.162. The Kier molecular flexibility index (Phi) is 1.67. The second-order valence-corrected chi connectivity index (χ2v) is 4.33. The molecule has 11 heavy (non-hydrogen) atoms. The number of aryl methyl sites for hydroxylation is 1. The summed E-state index contributed by atoms with van der Waals surface area (Å²) in [5.74, 6) is 0.466. The van der Waals surface area contributed by atoms with Crippen LogP contribution in [-0.4, -0.2) is 14.7 Å². The first kappa shape index (κ1) is 8.13. The van der Waals surface area contributed by atoms with Gasteiger partial charge in [-0.1, -0.05) is 0 Å². The van der Waals surface area contributed by atoms with E-state index in [2.05, 4.69) is 0 Å². The van der Waals surface area contributed by atoms with Crippen LogP contribution >= 0.6 is 0 Å². The normalized spacial score (nSPS) is 11.8. The average molecular weight is 175 g/mol. The Morgan fingerprint density at radius 2 is 2.09 bits per heavy atom. The van der Waals surface area contributed by atoms with E-state index in [-0.39, 0.29) is 10.8 Å². The molecule has 0 aliphatic carbocycles. The van der Waals surface area contributed by atoms with Crippen molar-refractivity contribution in [2.75, 3.05) is 12.0 Å². The third kappa shape index (κ3) is 1.54. The smallest absolute Gasteiger partial charge is 0.191 e. The first-order chi connectivity index (χ1) is 4.91. The van der Waals surface area contributed by atoms with E-state index in [0.29, 0.717) is 5.76 Å². The molecule has 2 N–H and O–H groups in total. The number of hydrogen-bond acceptors (Lipinski definition) is 4. The zero-order valence-electron chi connectivity index (χ0n) is 6.29. The van der Waals surface area contributed by atoms with Crippen LogP contribution in [0.25, 0.3) is 0 Å². The number of rotatable bonds is 1. The summed E-state index contributed by atoms with van der Waals surface area (Å²) < 4.78 is 26.7. The van der Waals surface area contributed by atoms with Crippen molar-refractivity contribution >= 4 is 15.7 Å². The van der Waals surface area contributed by atoms with Crippen molar-refractivity contribution in [1.82, 2.24) is 0 Å². The zero-order valence-corrected chi connectivity index (χ0v) is 7.10. The molecule has 1 heterocycles. The molecule has 4 nitrogen and oxygen atoms in total. The van der Waals surface area contributed by atoms with Crippen molar-refractivity contribution in [3.05, 3.63) is 11.8 Å². The zero-order chi connectivity index (χ0) is 8.65. The Morgan fingerprint density at radius 1 is 1.55 bits per heavy atom. The highest BCUT2D eigenvalue weighted by molar-refractivity contribution is 7.90. The number of furan rings is 1. The van der Waals surface area contributed by atoms with E-state index in [0.717, 1.165) is 6.26 Å². The van der Waals surface area contributed by atoms with Crippen molar-refractivity contribution < 1.29 is 12.8 Å². The Bertz CT molecular complexity index is 363. The Labute approximate surface area is 64.9 Å². The van der Waals surface area contributed by atoms with Gasteiger partial charge < -0.3 is 10.2 Å². The van der Waals surface area contributed by atoms with Crippen LogP contribution in [0.4, 0.5) is 5.88 Å². The molecule has 0 aliphatic heterocycles. The fourth-order valence-corrected chi connectivity index (χ4v) is 1.75. The van der Waals surface area contributed by atoms with Crippen molar-refractivity contribution in [1.29, 1.82) is 0 Å². The lowest BCUT2D eigenvalue weighted by Crippen LogP contribution is -1.96. The van der Waals surface area contributed by atoms with Gasteiger partial charge in [-0.2, -0.15) is 0 Å². The van der Waals surface area contributed by atoms with Gasteiger partial charge in [-0.25, -0.2) is 8.42 Å². The van der Waals surface area contributed by atoms with Crippen molar-refractivity contribution in [2.24, 2.45) is 0 Å². The summed E-state index contributed by atoms with van der Waals surface area (Å²) in [6.45, 7) is 1.56. The van der Waals surface area contributed by atoms with Crippen LogP contribution in [0.1, 0.15) is 5.76 Å². The highest BCUT2D eigenvalue weighted by atomic mass is 32.2. The van der Waals surface area contributed by atoms with Crippen LogP contribution in [-0.2, 0) is 9.84 Å². The highest BCUT2D eigenvalue weighted by Gasteiger charge is 2.14. The SMILES string of the molecule is Cc1oc(N)cc1S(C)(=O)=O. The number of nitrogens with two attached hydrogens (primary N) is 1. The standard InChI is InChI=1S/C6H9NO3S/c1-4-5(11(2,8)9)3-6(7)10-4/h3H,7H2,1-2H3. The first-order valence-electron chi connectivity index (χ1n) is 2.97. The molecule has 0 radical (unpaired) electrons. The van der Waals surface area contributed by atoms with E-state index < -0.39 is 9.84 Å². The van der Waals surface area contributed by atoms with Gasteiger partial charge in [0.15, 0.2) is 15.7 Å². The van der Waals surface area contributed by atoms with Crippen LogP contribution < -0.4 is 5.73 Å². The maximum absolute atomic E-state index is 11.0. The Morgan fingerprint density at radius 3 is 2.27 bits per heavy atom. The molecule has 0 saturated carbocycles. The van der Waals surface area contributed by atoms with Gasteiger partial charge in [0.25, 0.3) is 0 Å². The second kappa shape index (κ2) is 2.27. The third-order valence-electron chi connectivity index (χ3n) is 1.29. The molecule has 0 spiro atoms. The molecule has 5 heteroatoms. The molecule has 1 rings (SSSR count). The number of anilines is 1. The van der Waals surface area contributed by atoms with Crippen molar-refractivity contribution in [3.8, 4) is 0 Å². The minimum atomic E-state index is -3.19. The van der Waals surface area contributed by atoms with Gasteiger partial charge in [-0.15, -0.1) is 0 Å². The molecule has 0 saturated heterocycles. The largest absolute Gasteiger partial charge is 0.445 e. The monoisotopic (exact) mass is 175 g/mol. The molecule has 1 aromatic rings. The molecular weight excluding hydrogens is 166 g/mol. The summed E-state index contributed by atoms with van der Waals surface area (Å²) in [7, 11) is -3.19. The van der Waals surface area contributed by atoms with E-state index >= 15 is 0 Å². The van der Waals surface area contributed by atoms with Crippen molar-refractivity contribution in [3.63, 3.8) is 0 Å². The van der Waals surface area contributed by atoms with E-state index in [9.17, 15) is 8.42 Å². The predicted molar refractivity (Wildman–Crippen MR) is 41.0 cm³/mol. The second-order valence-electron chi connectivity index (χ2n) is 2.34. The quantitative estimate of drug-likeness (QED) is 0.677. The molecular formula is C6H9NO3S. The predicted octanol–water partition coefficient (Wildman–Crippen LogP) is 0.574. The van der Waals surface area contributed by atoms with Gasteiger partial charge in [0.1, 0.15) is 10.7 Å². The molecule has 0 amide bonds. The summed E-state index contributed by atoms with van der Waals surface area (Å²) in [5, 5.41) is 0. The fraction of sp³-hybridized carbons (Fsp3) is 0.333. The Balaban J connectivity index is 3.36. The molecule has 0 unspecified atom stereocenters. The van der Waals surface area contributed by atoms with Crippen molar-refractivity contribution in [2.45, 2.75) is 11.8 Å².